The van der Waals surface area contributed by atoms with Gasteiger partial charge in [0.15, 0.2) is 0 Å². The summed E-state index contributed by atoms with van der Waals surface area (Å²) < 4.78 is 16.6. The van der Waals surface area contributed by atoms with Crippen molar-refractivity contribution in [3.05, 3.63) is 54.2 Å². The van der Waals surface area contributed by atoms with E-state index in [1.807, 2.05) is 0 Å². The summed E-state index contributed by atoms with van der Waals surface area (Å²) in [5.74, 6) is -0.269. The van der Waals surface area contributed by atoms with E-state index in [1.165, 1.54) is 25.3 Å². The van der Waals surface area contributed by atoms with Crippen molar-refractivity contribution in [2.24, 2.45) is 0 Å². The number of nitrogens with zero attached hydrogens (tertiary/aromatic N) is 4. The second-order valence-electron chi connectivity index (χ2n) is 9.36. The van der Waals surface area contributed by atoms with Crippen LogP contribution >= 0.6 is 0 Å². The van der Waals surface area contributed by atoms with Crippen LogP contribution in [-0.4, -0.2) is 63.1 Å². The Morgan fingerprint density at radius 1 is 1.21 bits per heavy atom. The first-order chi connectivity index (χ1) is 16.1. The van der Waals surface area contributed by atoms with Crippen LogP contribution in [-0.2, 0) is 0 Å². The van der Waals surface area contributed by atoms with E-state index in [2.05, 4.69) is 32.4 Å². The van der Waals surface area contributed by atoms with E-state index in [0.717, 1.165) is 32.5 Å². The molecule has 1 aromatic carbocycles. The summed E-state index contributed by atoms with van der Waals surface area (Å²) in [6.45, 7) is 5.72. The first kappa shape index (κ1) is 22.0. The molecule has 0 radical (unpaired) electrons. The van der Waals surface area contributed by atoms with Gasteiger partial charge in [0.2, 0.25) is 5.95 Å². The van der Waals surface area contributed by atoms with Gasteiger partial charge in [-0.3, -0.25) is 14.3 Å². The van der Waals surface area contributed by atoms with Crippen LogP contribution in [0.25, 0.3) is 16.9 Å². The topological polar surface area (TPSA) is 75.1 Å². The Bertz CT molecular complexity index is 1120. The number of carbonyl (C=O) groups excluding carboxylic acids is 1. The van der Waals surface area contributed by atoms with E-state index < -0.39 is 5.82 Å². The molecule has 1 saturated carbocycles. The lowest BCUT2D eigenvalue weighted by atomic mass is 9.79. The highest BCUT2D eigenvalue weighted by Crippen LogP contribution is 2.34. The number of piperazine rings is 1. The highest BCUT2D eigenvalue weighted by atomic mass is 19.1. The molecule has 1 aliphatic heterocycles. The first-order valence-corrected chi connectivity index (χ1v) is 11.9. The van der Waals surface area contributed by atoms with Gasteiger partial charge in [0.1, 0.15) is 5.82 Å². The van der Waals surface area contributed by atoms with E-state index in [0.29, 0.717) is 35.0 Å². The van der Waals surface area contributed by atoms with Crippen molar-refractivity contribution in [1.29, 1.82) is 0 Å². The number of aromatic nitrogens is 3. The summed E-state index contributed by atoms with van der Waals surface area (Å²) in [5, 5.41) is 7.00. The first-order valence-electron chi connectivity index (χ1n) is 11.9. The predicted octanol–water partition coefficient (Wildman–Crippen LogP) is 3.29. The molecule has 0 bridgehead atoms. The zero-order valence-corrected chi connectivity index (χ0v) is 19.1. The Kier molecular flexibility index (Phi) is 6.12. The molecular formula is C25H31FN6O. The Balaban J connectivity index is 1.44. The SMILES string of the molecule is CC1CN(C2(CNC(=O)c3cn(-c4ncccn4)c4cccc(F)c34)CCCCC2)CCN1. The van der Waals surface area contributed by atoms with Crippen molar-refractivity contribution in [2.75, 3.05) is 26.2 Å². The highest BCUT2D eigenvalue weighted by Gasteiger charge is 2.39. The molecule has 174 valence electrons. The number of fused-ring (bicyclic) bond motifs is 1. The minimum Gasteiger partial charge on any atom is -0.350 e. The summed E-state index contributed by atoms with van der Waals surface area (Å²) in [6.07, 6.45) is 10.7. The number of hydrogen-bond acceptors (Lipinski definition) is 5. The molecule has 2 aliphatic rings. The lowest BCUT2D eigenvalue weighted by Crippen LogP contribution is -2.63. The van der Waals surface area contributed by atoms with Crippen molar-refractivity contribution in [1.82, 2.24) is 30.1 Å². The summed E-state index contributed by atoms with van der Waals surface area (Å²) in [4.78, 5) is 24.6. The summed E-state index contributed by atoms with van der Waals surface area (Å²) in [6, 6.07) is 6.98. The normalized spacial score (nSPS) is 21.2. The Labute approximate surface area is 193 Å². The van der Waals surface area contributed by atoms with E-state index >= 15 is 0 Å². The third kappa shape index (κ3) is 4.25. The van der Waals surface area contributed by atoms with Crippen molar-refractivity contribution >= 4 is 16.8 Å². The molecule has 2 aromatic heterocycles. The molecule has 1 amide bonds. The van der Waals surface area contributed by atoms with Crippen LogP contribution < -0.4 is 10.6 Å². The molecule has 0 spiro atoms. The van der Waals surface area contributed by atoms with Crippen LogP contribution in [0, 0.1) is 5.82 Å². The molecule has 2 fully saturated rings. The molecule has 3 heterocycles. The summed E-state index contributed by atoms with van der Waals surface area (Å²) in [5.41, 5.74) is 0.855. The number of nitrogens with one attached hydrogen (secondary N) is 2. The Morgan fingerprint density at radius 2 is 2.00 bits per heavy atom. The van der Waals surface area contributed by atoms with Gasteiger partial charge in [-0.2, -0.15) is 0 Å². The fourth-order valence-corrected chi connectivity index (χ4v) is 5.51. The molecule has 7 nitrogen and oxygen atoms in total. The maximum absolute atomic E-state index is 14.9. The molecule has 5 rings (SSSR count). The van der Waals surface area contributed by atoms with Gasteiger partial charge in [0.05, 0.1) is 11.1 Å². The van der Waals surface area contributed by atoms with E-state index in [1.54, 1.807) is 41.4 Å². The second kappa shape index (κ2) is 9.19. The third-order valence-electron chi connectivity index (χ3n) is 7.19. The Morgan fingerprint density at radius 3 is 2.76 bits per heavy atom. The van der Waals surface area contributed by atoms with Gasteiger partial charge < -0.3 is 10.6 Å². The van der Waals surface area contributed by atoms with Crippen LogP contribution in [0.5, 0.6) is 0 Å². The zero-order chi connectivity index (χ0) is 22.8. The molecule has 1 atom stereocenters. The molecule has 2 N–H and O–H groups in total. The zero-order valence-electron chi connectivity index (χ0n) is 19.1. The number of carbonyl (C=O) groups is 1. The van der Waals surface area contributed by atoms with Gasteiger partial charge in [0, 0.05) is 61.7 Å². The molecule has 8 heteroatoms. The van der Waals surface area contributed by atoms with Gasteiger partial charge in [-0.05, 0) is 38.0 Å². The molecule has 1 unspecified atom stereocenters. The molecule has 33 heavy (non-hydrogen) atoms. The third-order valence-corrected chi connectivity index (χ3v) is 7.19. The van der Waals surface area contributed by atoms with Crippen LogP contribution in [0.2, 0.25) is 0 Å². The average molecular weight is 451 g/mol. The van der Waals surface area contributed by atoms with Gasteiger partial charge in [-0.25, -0.2) is 14.4 Å². The lowest BCUT2D eigenvalue weighted by Gasteiger charge is -2.49. The predicted molar refractivity (Wildman–Crippen MR) is 126 cm³/mol. The number of hydrogen-bond donors (Lipinski definition) is 2. The van der Waals surface area contributed by atoms with Gasteiger partial charge in [0.25, 0.3) is 5.91 Å². The fraction of sp³-hybridized carbons (Fsp3) is 0.480. The number of halogens is 1. The number of amides is 1. The molecule has 3 aromatic rings. The maximum atomic E-state index is 14.9. The Hall–Kier alpha value is -2.84. The van der Waals surface area contributed by atoms with Crippen LogP contribution in [0.15, 0.2) is 42.9 Å². The number of benzene rings is 1. The van der Waals surface area contributed by atoms with Gasteiger partial charge >= 0.3 is 0 Å². The van der Waals surface area contributed by atoms with Crippen LogP contribution in [0.3, 0.4) is 0 Å². The second-order valence-corrected chi connectivity index (χ2v) is 9.36. The smallest absolute Gasteiger partial charge is 0.253 e. The maximum Gasteiger partial charge on any atom is 0.253 e. The van der Waals surface area contributed by atoms with E-state index in [9.17, 15) is 9.18 Å². The van der Waals surface area contributed by atoms with Crippen LogP contribution in [0.1, 0.15) is 49.4 Å². The van der Waals surface area contributed by atoms with Crippen LogP contribution in [0.4, 0.5) is 4.39 Å². The minimum absolute atomic E-state index is 0.0380. The summed E-state index contributed by atoms with van der Waals surface area (Å²) in [7, 11) is 0. The van der Waals surface area contributed by atoms with Crippen molar-refractivity contribution in [3.63, 3.8) is 0 Å². The largest absolute Gasteiger partial charge is 0.350 e. The number of rotatable bonds is 5. The molecular weight excluding hydrogens is 419 g/mol. The minimum atomic E-state index is -0.421. The highest BCUT2D eigenvalue weighted by molar-refractivity contribution is 6.07. The lowest BCUT2D eigenvalue weighted by molar-refractivity contribution is 0.0273. The van der Waals surface area contributed by atoms with Gasteiger partial charge in [-0.1, -0.05) is 25.3 Å². The molecule has 1 aliphatic carbocycles. The standard InChI is InChI=1S/C25H31FN6O/c1-18-15-31(14-13-27-18)25(9-3-2-4-10-25)17-30-23(33)19-16-32(24-28-11-6-12-29-24)21-8-5-7-20(26)22(19)21/h5-8,11-12,16,18,27H,2-4,9-10,13-15,17H2,1H3,(H,30,33). The van der Waals surface area contributed by atoms with E-state index in [-0.39, 0.29) is 11.4 Å². The quantitative estimate of drug-likeness (QED) is 0.624. The van der Waals surface area contributed by atoms with Crippen molar-refractivity contribution in [2.45, 2.75) is 50.6 Å². The van der Waals surface area contributed by atoms with Crippen molar-refractivity contribution in [3.8, 4) is 5.95 Å². The van der Waals surface area contributed by atoms with E-state index in [4.69, 9.17) is 0 Å². The van der Waals surface area contributed by atoms with Gasteiger partial charge in [-0.15, -0.1) is 0 Å². The molecule has 1 saturated heterocycles. The summed E-state index contributed by atoms with van der Waals surface area (Å²) >= 11 is 0. The fourth-order valence-electron chi connectivity index (χ4n) is 5.51. The monoisotopic (exact) mass is 450 g/mol. The average Bonchev–Trinajstić information content (AvgIpc) is 3.25. The van der Waals surface area contributed by atoms with Crippen molar-refractivity contribution < 1.29 is 9.18 Å².